The molecule has 1 aliphatic rings. The zero-order valence-electron chi connectivity index (χ0n) is 18.2. The van der Waals surface area contributed by atoms with Gasteiger partial charge in [-0.2, -0.15) is 0 Å². The lowest BCUT2D eigenvalue weighted by Crippen LogP contribution is -2.60. The van der Waals surface area contributed by atoms with Crippen LogP contribution in [0.15, 0.2) is 45.8 Å². The Bertz CT molecular complexity index is 1240. The van der Waals surface area contributed by atoms with Crippen LogP contribution < -0.4 is 19.6 Å². The van der Waals surface area contributed by atoms with Gasteiger partial charge in [0, 0.05) is 6.07 Å². The molecule has 5 atom stereocenters. The van der Waals surface area contributed by atoms with Gasteiger partial charge in [-0.05, 0) is 23.8 Å². The quantitative estimate of drug-likeness (QED) is 0.333. The molecular formula is C23H24O11. The Balaban J connectivity index is 1.71. The molecule has 0 saturated carbocycles. The number of ether oxygens (including phenoxy) is 4. The third-order valence-electron chi connectivity index (χ3n) is 5.64. The van der Waals surface area contributed by atoms with Gasteiger partial charge in [0.1, 0.15) is 36.3 Å². The van der Waals surface area contributed by atoms with Gasteiger partial charge in [0.2, 0.25) is 11.7 Å². The third-order valence-corrected chi connectivity index (χ3v) is 5.64. The van der Waals surface area contributed by atoms with Crippen molar-refractivity contribution in [3.8, 4) is 34.1 Å². The van der Waals surface area contributed by atoms with Gasteiger partial charge >= 0.3 is 0 Å². The fourth-order valence-electron chi connectivity index (χ4n) is 3.74. The minimum atomic E-state index is -1.63. The van der Waals surface area contributed by atoms with Crippen LogP contribution in [0, 0.1) is 0 Å². The van der Waals surface area contributed by atoms with E-state index in [1.807, 2.05) is 0 Å². The summed E-state index contributed by atoms with van der Waals surface area (Å²) in [6.07, 6.45) is -6.16. The molecule has 5 unspecified atom stereocenters. The molecular weight excluding hydrogens is 452 g/mol. The fourth-order valence-corrected chi connectivity index (χ4v) is 3.74. The lowest BCUT2D eigenvalue weighted by molar-refractivity contribution is -0.277. The summed E-state index contributed by atoms with van der Waals surface area (Å²) in [4.78, 5) is 13.2. The minimum absolute atomic E-state index is 0.0253. The summed E-state index contributed by atoms with van der Waals surface area (Å²) in [6.45, 7) is -0.613. The molecule has 182 valence electrons. The summed E-state index contributed by atoms with van der Waals surface area (Å²) in [5.41, 5.74) is 0.333. The smallest absolute Gasteiger partial charge is 0.229 e. The van der Waals surface area contributed by atoms with E-state index in [0.717, 1.165) is 0 Å². The Kier molecular flexibility index (Phi) is 6.64. The SMILES string of the molecule is COc1ccc(-c2coc3cc(OC4OC(CO)C(O)C(O)C4O)c(OC)cc3c2=O)cc1O. The summed E-state index contributed by atoms with van der Waals surface area (Å²) in [5.74, 6) is 0.245. The van der Waals surface area contributed by atoms with Gasteiger partial charge in [0.05, 0.1) is 31.8 Å². The highest BCUT2D eigenvalue weighted by molar-refractivity contribution is 5.85. The molecule has 11 heteroatoms. The van der Waals surface area contributed by atoms with E-state index in [2.05, 4.69) is 0 Å². The summed E-state index contributed by atoms with van der Waals surface area (Å²) in [7, 11) is 2.75. The maximum absolute atomic E-state index is 13.2. The Morgan fingerprint density at radius 1 is 0.941 bits per heavy atom. The zero-order valence-corrected chi connectivity index (χ0v) is 18.2. The highest BCUT2D eigenvalue weighted by Crippen LogP contribution is 2.36. The summed E-state index contributed by atoms with van der Waals surface area (Å²) < 4.78 is 27.0. The second-order valence-corrected chi connectivity index (χ2v) is 7.68. The van der Waals surface area contributed by atoms with Gasteiger partial charge in [-0.15, -0.1) is 0 Å². The number of fused-ring (bicyclic) bond motifs is 1. The van der Waals surface area contributed by atoms with Crippen molar-refractivity contribution in [3.63, 3.8) is 0 Å². The van der Waals surface area contributed by atoms with Gasteiger partial charge in [-0.3, -0.25) is 4.79 Å². The van der Waals surface area contributed by atoms with E-state index < -0.39 is 42.7 Å². The number of aliphatic hydroxyl groups is 4. The van der Waals surface area contributed by atoms with Crippen LogP contribution >= 0.6 is 0 Å². The second kappa shape index (κ2) is 9.49. The molecule has 2 aromatic carbocycles. The third kappa shape index (κ3) is 4.15. The molecule has 0 amide bonds. The van der Waals surface area contributed by atoms with Crippen LogP contribution in [0.2, 0.25) is 0 Å². The number of hydrogen-bond donors (Lipinski definition) is 5. The van der Waals surface area contributed by atoms with E-state index in [-0.39, 0.29) is 39.5 Å². The molecule has 0 bridgehead atoms. The first-order valence-electron chi connectivity index (χ1n) is 10.3. The van der Waals surface area contributed by atoms with Crippen LogP contribution in [-0.2, 0) is 4.74 Å². The highest BCUT2D eigenvalue weighted by atomic mass is 16.7. The lowest BCUT2D eigenvalue weighted by atomic mass is 9.99. The number of benzene rings is 2. The van der Waals surface area contributed by atoms with Crippen LogP contribution in [0.5, 0.6) is 23.0 Å². The van der Waals surface area contributed by atoms with Crippen molar-refractivity contribution in [2.24, 2.45) is 0 Å². The molecule has 0 radical (unpaired) electrons. The van der Waals surface area contributed by atoms with Gasteiger partial charge in [-0.25, -0.2) is 0 Å². The van der Waals surface area contributed by atoms with Gasteiger partial charge in [0.15, 0.2) is 23.0 Å². The zero-order chi connectivity index (χ0) is 24.6. The average Bonchev–Trinajstić information content (AvgIpc) is 2.84. The van der Waals surface area contributed by atoms with E-state index in [4.69, 9.17) is 23.4 Å². The molecule has 1 aliphatic heterocycles. The number of methoxy groups -OCH3 is 2. The van der Waals surface area contributed by atoms with Crippen LogP contribution in [0.4, 0.5) is 0 Å². The molecule has 1 aromatic heterocycles. The van der Waals surface area contributed by atoms with Crippen molar-refractivity contribution in [1.29, 1.82) is 0 Å². The minimum Gasteiger partial charge on any atom is -0.504 e. The van der Waals surface area contributed by atoms with Crippen molar-refractivity contribution in [2.75, 3.05) is 20.8 Å². The molecule has 11 nitrogen and oxygen atoms in total. The molecule has 34 heavy (non-hydrogen) atoms. The van der Waals surface area contributed by atoms with Crippen molar-refractivity contribution < 1.29 is 48.9 Å². The molecule has 2 heterocycles. The fraction of sp³-hybridized carbons (Fsp3) is 0.348. The van der Waals surface area contributed by atoms with Crippen LogP contribution in [0.1, 0.15) is 0 Å². The van der Waals surface area contributed by atoms with Crippen molar-refractivity contribution >= 4 is 11.0 Å². The van der Waals surface area contributed by atoms with E-state index >= 15 is 0 Å². The number of hydrogen-bond acceptors (Lipinski definition) is 11. The Hall–Kier alpha value is -3.35. The summed E-state index contributed by atoms with van der Waals surface area (Å²) >= 11 is 0. The van der Waals surface area contributed by atoms with Crippen molar-refractivity contribution in [2.45, 2.75) is 30.7 Å². The molecule has 0 spiro atoms. The maximum atomic E-state index is 13.2. The number of phenolic OH excluding ortho intramolecular Hbond substituents is 1. The van der Waals surface area contributed by atoms with Crippen molar-refractivity contribution in [3.05, 3.63) is 46.8 Å². The number of phenols is 1. The Labute approximate surface area is 192 Å². The number of rotatable bonds is 6. The molecule has 5 N–H and O–H groups in total. The van der Waals surface area contributed by atoms with Crippen molar-refractivity contribution in [1.82, 2.24) is 0 Å². The second-order valence-electron chi connectivity index (χ2n) is 7.68. The molecule has 4 rings (SSSR count). The molecule has 1 saturated heterocycles. The lowest BCUT2D eigenvalue weighted by Gasteiger charge is -2.39. The van der Waals surface area contributed by atoms with Crippen LogP contribution in [-0.4, -0.2) is 77.1 Å². The predicted octanol–water partition coefficient (Wildman–Crippen LogP) is 0.362. The largest absolute Gasteiger partial charge is 0.504 e. The first-order valence-corrected chi connectivity index (χ1v) is 10.3. The predicted molar refractivity (Wildman–Crippen MR) is 117 cm³/mol. The average molecular weight is 476 g/mol. The van der Waals surface area contributed by atoms with Gasteiger partial charge < -0.3 is 48.9 Å². The normalized spacial score (nSPS) is 24.7. The topological polar surface area (TPSA) is 168 Å². The van der Waals surface area contributed by atoms with E-state index in [0.29, 0.717) is 5.56 Å². The summed E-state index contributed by atoms with van der Waals surface area (Å²) in [6, 6.07) is 7.24. The Morgan fingerprint density at radius 3 is 2.32 bits per heavy atom. The highest BCUT2D eigenvalue weighted by Gasteiger charge is 2.45. The van der Waals surface area contributed by atoms with E-state index in [1.165, 1.54) is 44.7 Å². The number of aliphatic hydroxyl groups excluding tert-OH is 4. The monoisotopic (exact) mass is 476 g/mol. The number of aromatic hydroxyl groups is 1. The first-order chi connectivity index (χ1) is 16.3. The molecule has 1 fully saturated rings. The first kappa shape index (κ1) is 23.8. The van der Waals surface area contributed by atoms with E-state index in [1.54, 1.807) is 6.07 Å². The summed E-state index contributed by atoms with van der Waals surface area (Å²) in [5, 5.41) is 49.7. The molecule has 3 aromatic rings. The van der Waals surface area contributed by atoms with Crippen LogP contribution in [0.25, 0.3) is 22.1 Å². The molecule has 0 aliphatic carbocycles. The Morgan fingerprint density at radius 2 is 1.68 bits per heavy atom. The van der Waals surface area contributed by atoms with Gasteiger partial charge in [-0.1, -0.05) is 6.07 Å². The van der Waals surface area contributed by atoms with E-state index in [9.17, 15) is 30.3 Å². The van der Waals surface area contributed by atoms with Gasteiger partial charge in [0.25, 0.3) is 0 Å². The standard InChI is InChI=1S/C23H24O11/c1-30-14-4-3-10(5-13(14)25)12-9-32-15-7-17(16(31-2)6-11(15)19(12)26)33-23-22(29)21(28)20(27)18(8-24)34-23/h3-7,9,18,20-25,27-29H,8H2,1-2H3. The van der Waals surface area contributed by atoms with Crippen LogP contribution in [0.3, 0.4) is 0 Å². The maximum Gasteiger partial charge on any atom is 0.229 e.